The molecule has 0 spiro atoms. The highest BCUT2D eigenvalue weighted by molar-refractivity contribution is 6.16. The number of methoxy groups -OCH3 is 1. The van der Waals surface area contributed by atoms with Crippen LogP contribution in [0.5, 0.6) is 0 Å². The smallest absolute Gasteiger partial charge is 0.341 e. The first-order valence-corrected chi connectivity index (χ1v) is 4.85. The minimum absolute atomic E-state index is 0.268. The summed E-state index contributed by atoms with van der Waals surface area (Å²) in [6, 6.07) is 5.55. The zero-order chi connectivity index (χ0) is 12.0. The van der Waals surface area contributed by atoms with E-state index >= 15 is 0 Å². The van der Waals surface area contributed by atoms with Gasteiger partial charge in [0.2, 0.25) is 0 Å². The number of carbonyl (C=O) groups is 1. The van der Waals surface area contributed by atoms with Gasteiger partial charge in [-0.15, -0.1) is 0 Å². The van der Waals surface area contributed by atoms with Gasteiger partial charge in [0.25, 0.3) is 0 Å². The van der Waals surface area contributed by atoms with Crippen LogP contribution in [0.3, 0.4) is 0 Å². The van der Waals surface area contributed by atoms with Gasteiger partial charge in [-0.25, -0.2) is 9.18 Å². The summed E-state index contributed by atoms with van der Waals surface area (Å²) in [4.78, 5) is 11.6. The molecule has 0 N–H and O–H groups in total. The average Bonchev–Trinajstić information content (AvgIpc) is 2.28. The largest absolute Gasteiger partial charge is 0.503 e. The molecule has 86 valence electrons. The summed E-state index contributed by atoms with van der Waals surface area (Å²) < 4.78 is 22.4. The first-order chi connectivity index (χ1) is 7.69. The van der Waals surface area contributed by atoms with Crippen molar-refractivity contribution in [3.63, 3.8) is 0 Å². The van der Waals surface area contributed by atoms with Crippen molar-refractivity contribution in [3.05, 3.63) is 41.9 Å². The number of rotatable bonds is 4. The number of ether oxygens (including phenoxy) is 2. The highest BCUT2D eigenvalue weighted by Gasteiger charge is 2.13. The van der Waals surface area contributed by atoms with E-state index in [0.717, 1.165) is 0 Å². The molecule has 0 radical (unpaired) electrons. The minimum Gasteiger partial charge on any atom is -0.503 e. The fourth-order valence-electron chi connectivity index (χ4n) is 1.19. The Morgan fingerprint density at radius 3 is 2.50 bits per heavy atom. The molecule has 0 aliphatic carbocycles. The molecule has 0 aliphatic rings. The van der Waals surface area contributed by atoms with Gasteiger partial charge in [0, 0.05) is 0 Å². The van der Waals surface area contributed by atoms with E-state index in [1.165, 1.54) is 37.6 Å². The lowest BCUT2D eigenvalue weighted by Gasteiger charge is -2.06. The predicted octanol–water partition coefficient (Wildman–Crippen LogP) is 2.38. The molecule has 0 saturated carbocycles. The van der Waals surface area contributed by atoms with Crippen molar-refractivity contribution >= 4 is 11.5 Å². The summed E-state index contributed by atoms with van der Waals surface area (Å²) in [5.41, 5.74) is 0.825. The van der Waals surface area contributed by atoms with Crippen molar-refractivity contribution in [2.45, 2.75) is 6.92 Å². The van der Waals surface area contributed by atoms with E-state index in [1.54, 1.807) is 6.92 Å². The summed E-state index contributed by atoms with van der Waals surface area (Å²) in [7, 11) is 1.43. The maximum Gasteiger partial charge on any atom is 0.341 e. The van der Waals surface area contributed by atoms with Crippen LogP contribution >= 0.6 is 0 Å². The number of hydrogen-bond donors (Lipinski definition) is 0. The normalized spacial score (nSPS) is 11.1. The molecule has 0 unspecified atom stereocenters. The zero-order valence-electron chi connectivity index (χ0n) is 9.20. The SMILES string of the molecule is CCOC(=O)/C(=C\OC)c1ccc(F)cc1. The lowest BCUT2D eigenvalue weighted by Crippen LogP contribution is -2.07. The van der Waals surface area contributed by atoms with Crippen LogP contribution in [-0.4, -0.2) is 19.7 Å². The topological polar surface area (TPSA) is 35.5 Å². The Morgan fingerprint density at radius 2 is 2.00 bits per heavy atom. The maximum absolute atomic E-state index is 12.7. The molecule has 3 nitrogen and oxygen atoms in total. The third kappa shape index (κ3) is 3.08. The fraction of sp³-hybridized carbons (Fsp3) is 0.250. The van der Waals surface area contributed by atoms with Crippen LogP contribution in [0.15, 0.2) is 30.5 Å². The van der Waals surface area contributed by atoms with Crippen molar-refractivity contribution in [1.82, 2.24) is 0 Å². The molecule has 0 atom stereocenters. The monoisotopic (exact) mass is 224 g/mol. The Kier molecular flexibility index (Phi) is 4.51. The van der Waals surface area contributed by atoms with Crippen LogP contribution in [0.4, 0.5) is 4.39 Å². The van der Waals surface area contributed by atoms with E-state index in [2.05, 4.69) is 0 Å². The summed E-state index contributed by atoms with van der Waals surface area (Å²) in [6.45, 7) is 1.99. The van der Waals surface area contributed by atoms with Gasteiger partial charge in [0.1, 0.15) is 11.4 Å². The predicted molar refractivity (Wildman–Crippen MR) is 58.0 cm³/mol. The molecule has 1 aromatic carbocycles. The number of halogens is 1. The standard InChI is InChI=1S/C12H13FO3/c1-3-16-12(14)11(8-15-2)9-4-6-10(13)7-5-9/h4-8H,3H2,1-2H3/b11-8-. The molecule has 0 saturated heterocycles. The number of carbonyl (C=O) groups excluding carboxylic acids is 1. The summed E-state index contributed by atoms with van der Waals surface area (Å²) in [5, 5.41) is 0. The van der Waals surface area contributed by atoms with Gasteiger partial charge < -0.3 is 9.47 Å². The Balaban J connectivity index is 2.99. The van der Waals surface area contributed by atoms with Crippen molar-refractivity contribution in [3.8, 4) is 0 Å². The van der Waals surface area contributed by atoms with E-state index in [4.69, 9.17) is 9.47 Å². The molecule has 0 aliphatic heterocycles. The summed E-state index contributed by atoms with van der Waals surface area (Å²) >= 11 is 0. The van der Waals surface area contributed by atoms with Crippen LogP contribution < -0.4 is 0 Å². The lowest BCUT2D eigenvalue weighted by molar-refractivity contribution is -0.136. The molecule has 1 aromatic rings. The van der Waals surface area contributed by atoms with Crippen LogP contribution in [0.2, 0.25) is 0 Å². The zero-order valence-corrected chi connectivity index (χ0v) is 9.20. The second-order valence-corrected chi connectivity index (χ2v) is 2.99. The second-order valence-electron chi connectivity index (χ2n) is 2.99. The van der Waals surface area contributed by atoms with Gasteiger partial charge in [-0.3, -0.25) is 0 Å². The third-order valence-corrected chi connectivity index (χ3v) is 1.89. The number of esters is 1. The fourth-order valence-corrected chi connectivity index (χ4v) is 1.19. The van der Waals surface area contributed by atoms with Crippen molar-refractivity contribution in [2.24, 2.45) is 0 Å². The van der Waals surface area contributed by atoms with Gasteiger partial charge in [-0.1, -0.05) is 12.1 Å². The summed E-state index contributed by atoms with van der Waals surface area (Å²) in [6.07, 6.45) is 1.28. The van der Waals surface area contributed by atoms with E-state index in [9.17, 15) is 9.18 Å². The Morgan fingerprint density at radius 1 is 1.38 bits per heavy atom. The maximum atomic E-state index is 12.7. The second kappa shape index (κ2) is 5.90. The van der Waals surface area contributed by atoms with Crippen molar-refractivity contribution < 1.29 is 18.7 Å². The van der Waals surface area contributed by atoms with Gasteiger partial charge in [0.05, 0.1) is 20.0 Å². The Hall–Kier alpha value is -1.84. The van der Waals surface area contributed by atoms with Crippen molar-refractivity contribution in [2.75, 3.05) is 13.7 Å². The van der Waals surface area contributed by atoms with E-state index in [-0.39, 0.29) is 18.0 Å². The molecule has 0 fully saturated rings. The van der Waals surface area contributed by atoms with Crippen LogP contribution in [0, 0.1) is 5.82 Å². The van der Waals surface area contributed by atoms with E-state index < -0.39 is 5.97 Å². The van der Waals surface area contributed by atoms with E-state index in [0.29, 0.717) is 5.56 Å². The molecule has 0 heterocycles. The third-order valence-electron chi connectivity index (χ3n) is 1.89. The van der Waals surface area contributed by atoms with Crippen molar-refractivity contribution in [1.29, 1.82) is 0 Å². The molecule has 0 aromatic heterocycles. The van der Waals surface area contributed by atoms with Gasteiger partial charge in [-0.05, 0) is 24.6 Å². The first-order valence-electron chi connectivity index (χ1n) is 4.85. The van der Waals surface area contributed by atoms with Gasteiger partial charge >= 0.3 is 5.97 Å². The Bertz CT molecular complexity index is 382. The number of benzene rings is 1. The number of hydrogen-bond acceptors (Lipinski definition) is 3. The molecular weight excluding hydrogens is 211 g/mol. The van der Waals surface area contributed by atoms with Gasteiger partial charge in [0.15, 0.2) is 0 Å². The first kappa shape index (κ1) is 12.2. The molecule has 1 rings (SSSR count). The lowest BCUT2D eigenvalue weighted by atomic mass is 10.1. The minimum atomic E-state index is -0.490. The molecule has 0 amide bonds. The van der Waals surface area contributed by atoms with Gasteiger partial charge in [-0.2, -0.15) is 0 Å². The molecule has 4 heteroatoms. The highest BCUT2D eigenvalue weighted by Crippen LogP contribution is 2.16. The Labute approximate surface area is 93.5 Å². The quantitative estimate of drug-likeness (QED) is 0.447. The van der Waals surface area contributed by atoms with E-state index in [1.807, 2.05) is 0 Å². The highest BCUT2D eigenvalue weighted by atomic mass is 19.1. The van der Waals surface area contributed by atoms with Crippen LogP contribution in [0.25, 0.3) is 5.57 Å². The molecule has 16 heavy (non-hydrogen) atoms. The molecular formula is C12H13FO3. The average molecular weight is 224 g/mol. The van der Waals surface area contributed by atoms with Crippen LogP contribution in [-0.2, 0) is 14.3 Å². The van der Waals surface area contributed by atoms with Crippen LogP contribution in [0.1, 0.15) is 12.5 Å². The summed E-state index contributed by atoms with van der Waals surface area (Å²) in [5.74, 6) is -0.847. The molecule has 0 bridgehead atoms.